The van der Waals surface area contributed by atoms with Crippen molar-refractivity contribution in [2.45, 2.75) is 25.6 Å². The van der Waals surface area contributed by atoms with Gasteiger partial charge in [0.25, 0.3) is 5.91 Å². The number of fused-ring (bicyclic) bond motifs is 3. The van der Waals surface area contributed by atoms with Crippen molar-refractivity contribution in [1.29, 1.82) is 0 Å². The van der Waals surface area contributed by atoms with E-state index in [2.05, 4.69) is 10.4 Å². The van der Waals surface area contributed by atoms with Crippen molar-refractivity contribution < 1.29 is 19.0 Å². The number of benzene rings is 1. The molecule has 9 nitrogen and oxygen atoms in total. The number of aromatic nitrogens is 3. The van der Waals surface area contributed by atoms with Crippen molar-refractivity contribution in [3.05, 3.63) is 52.1 Å². The molecule has 6 rings (SSSR count). The zero-order valence-electron chi connectivity index (χ0n) is 19.3. The third kappa shape index (κ3) is 3.35. The number of ether oxygens (including phenoxy) is 1. The number of carbonyl (C=O) groups is 1. The van der Waals surface area contributed by atoms with Gasteiger partial charge in [0.15, 0.2) is 5.75 Å². The summed E-state index contributed by atoms with van der Waals surface area (Å²) in [5.41, 5.74) is 2.04. The normalized spacial score (nSPS) is 21.3. The van der Waals surface area contributed by atoms with Crippen molar-refractivity contribution in [2.24, 2.45) is 7.05 Å². The summed E-state index contributed by atoms with van der Waals surface area (Å²) < 4.78 is 22.8. The summed E-state index contributed by atoms with van der Waals surface area (Å²) in [6.45, 7) is 4.45. The molecule has 2 N–H and O–H groups in total. The molecule has 1 saturated heterocycles. The van der Waals surface area contributed by atoms with Crippen molar-refractivity contribution in [3.8, 4) is 22.8 Å². The van der Waals surface area contributed by atoms with Crippen LogP contribution in [0.5, 0.6) is 11.5 Å². The van der Waals surface area contributed by atoms with E-state index in [4.69, 9.17) is 21.3 Å². The molecule has 11 heteroatoms. The highest BCUT2D eigenvalue weighted by Gasteiger charge is 2.41. The molecule has 2 atom stereocenters. The van der Waals surface area contributed by atoms with Gasteiger partial charge in [-0.25, -0.2) is 9.37 Å². The molecule has 0 bridgehead atoms. The molecular weight excluding hydrogens is 475 g/mol. The Hall–Kier alpha value is -3.37. The fourth-order valence-electron chi connectivity index (χ4n) is 5.23. The van der Waals surface area contributed by atoms with Crippen LogP contribution in [-0.2, 0) is 13.6 Å². The number of hydrogen-bond acceptors (Lipinski definition) is 7. The van der Waals surface area contributed by atoms with E-state index in [0.717, 1.165) is 11.3 Å². The van der Waals surface area contributed by atoms with Gasteiger partial charge in [0.05, 0.1) is 29.9 Å². The molecule has 0 spiro atoms. The van der Waals surface area contributed by atoms with Crippen LogP contribution in [0.4, 0.5) is 10.2 Å². The van der Waals surface area contributed by atoms with E-state index >= 15 is 0 Å². The summed E-state index contributed by atoms with van der Waals surface area (Å²) in [6.07, 6.45) is 1.95. The molecule has 1 aromatic carbocycles. The topological polar surface area (TPSA) is 95.8 Å². The Bertz CT molecular complexity index is 1340. The minimum atomic E-state index is -0.674. The lowest BCUT2D eigenvalue weighted by Gasteiger charge is -2.34. The Morgan fingerprint density at radius 2 is 2.11 bits per heavy atom. The van der Waals surface area contributed by atoms with Crippen molar-refractivity contribution in [2.75, 3.05) is 31.1 Å². The number of phenols is 1. The van der Waals surface area contributed by atoms with Crippen molar-refractivity contribution >= 4 is 23.3 Å². The Labute approximate surface area is 206 Å². The Morgan fingerprint density at radius 1 is 1.29 bits per heavy atom. The smallest absolute Gasteiger partial charge is 0.261 e. The monoisotopic (exact) mass is 498 g/mol. The summed E-state index contributed by atoms with van der Waals surface area (Å²) >= 11 is 6.76. The van der Waals surface area contributed by atoms with Gasteiger partial charge in [-0.3, -0.25) is 9.48 Å². The molecule has 1 amide bonds. The molecule has 5 heterocycles. The van der Waals surface area contributed by atoms with E-state index in [0.29, 0.717) is 32.0 Å². The first kappa shape index (κ1) is 22.1. The van der Waals surface area contributed by atoms with Crippen LogP contribution < -0.4 is 15.0 Å². The second-order valence-corrected chi connectivity index (χ2v) is 9.49. The number of pyridine rings is 1. The van der Waals surface area contributed by atoms with E-state index in [1.165, 1.54) is 18.2 Å². The van der Waals surface area contributed by atoms with E-state index in [-0.39, 0.29) is 57.9 Å². The van der Waals surface area contributed by atoms with Gasteiger partial charge >= 0.3 is 0 Å². The molecule has 1 unspecified atom stereocenters. The first-order valence-corrected chi connectivity index (χ1v) is 11.9. The quantitative estimate of drug-likeness (QED) is 0.561. The number of phenolic OH excluding ortho intramolecular Hbond substituents is 1. The number of anilines is 1. The zero-order chi connectivity index (χ0) is 24.4. The first-order valence-electron chi connectivity index (χ1n) is 11.5. The number of aryl methyl sites for hydroxylation is 1. The molecular formula is C24H24ClFN6O3. The predicted molar refractivity (Wildman–Crippen MR) is 127 cm³/mol. The van der Waals surface area contributed by atoms with Gasteiger partial charge < -0.3 is 25.0 Å². The number of halogens is 2. The van der Waals surface area contributed by atoms with Crippen LogP contribution in [0.1, 0.15) is 34.6 Å². The highest BCUT2D eigenvalue weighted by atomic mass is 35.5. The third-order valence-electron chi connectivity index (χ3n) is 7.00. The first-order chi connectivity index (χ1) is 16.8. The Balaban J connectivity index is 1.58. The maximum absolute atomic E-state index is 14.9. The van der Waals surface area contributed by atoms with Gasteiger partial charge in [-0.05, 0) is 19.1 Å². The number of nitrogens with zero attached hydrogens (tertiary/aromatic N) is 5. The number of aromatic hydroxyl groups is 1. The van der Waals surface area contributed by atoms with Crippen molar-refractivity contribution in [3.63, 3.8) is 0 Å². The van der Waals surface area contributed by atoms with Gasteiger partial charge in [0.2, 0.25) is 0 Å². The Kier molecular flexibility index (Phi) is 5.12. The standard InChI is InChI=1S/C24H24ClFN6O3/c1-12-14-9-30(2)29-16(14)10-32(12)23-19-22(35-11-13-8-27-6-7-31(13)24(19)34)20(25)21(28-23)18-15(26)4-3-5-17(18)33/h3-5,9,12-13,27,33H,6-8,10-11H2,1-2H3/t12?,13-/m1/s1. The minimum Gasteiger partial charge on any atom is -0.507 e. The van der Waals surface area contributed by atoms with Crippen LogP contribution >= 0.6 is 11.6 Å². The average molecular weight is 499 g/mol. The van der Waals surface area contributed by atoms with Gasteiger partial charge in [-0.15, -0.1) is 0 Å². The summed E-state index contributed by atoms with van der Waals surface area (Å²) in [5.74, 6) is -0.709. The van der Waals surface area contributed by atoms with Crippen LogP contribution in [-0.4, -0.2) is 63.0 Å². The number of hydrogen-bond donors (Lipinski definition) is 2. The number of amides is 1. The molecule has 0 radical (unpaired) electrons. The third-order valence-corrected chi connectivity index (χ3v) is 7.35. The van der Waals surface area contributed by atoms with Crippen LogP contribution in [0.15, 0.2) is 24.4 Å². The largest absolute Gasteiger partial charge is 0.507 e. The van der Waals surface area contributed by atoms with E-state index in [1.807, 2.05) is 25.1 Å². The molecule has 2 aromatic heterocycles. The molecule has 3 aliphatic rings. The average Bonchev–Trinajstić information content (AvgIpc) is 3.29. The van der Waals surface area contributed by atoms with E-state index in [9.17, 15) is 14.3 Å². The van der Waals surface area contributed by atoms with Crippen LogP contribution in [0.3, 0.4) is 0 Å². The molecule has 3 aromatic rings. The predicted octanol–water partition coefficient (Wildman–Crippen LogP) is 2.87. The lowest BCUT2D eigenvalue weighted by Crippen LogP contribution is -2.55. The second-order valence-electron chi connectivity index (χ2n) is 9.11. The number of rotatable bonds is 2. The lowest BCUT2D eigenvalue weighted by atomic mass is 10.0. The summed E-state index contributed by atoms with van der Waals surface area (Å²) in [4.78, 5) is 22.4. The summed E-state index contributed by atoms with van der Waals surface area (Å²) in [5, 5.41) is 18.3. The second kappa shape index (κ2) is 8.10. The van der Waals surface area contributed by atoms with Gasteiger partial charge in [-0.2, -0.15) is 5.10 Å². The van der Waals surface area contributed by atoms with Crippen molar-refractivity contribution in [1.82, 2.24) is 25.0 Å². The van der Waals surface area contributed by atoms with E-state index in [1.54, 1.807) is 9.58 Å². The zero-order valence-corrected chi connectivity index (χ0v) is 20.0. The lowest BCUT2D eigenvalue weighted by molar-refractivity contribution is 0.0606. The summed E-state index contributed by atoms with van der Waals surface area (Å²) in [6, 6.07) is 3.69. The highest BCUT2D eigenvalue weighted by molar-refractivity contribution is 6.35. The van der Waals surface area contributed by atoms with Crippen LogP contribution in [0, 0.1) is 5.82 Å². The molecule has 3 aliphatic heterocycles. The van der Waals surface area contributed by atoms with Crippen LogP contribution in [0.2, 0.25) is 5.02 Å². The van der Waals surface area contributed by atoms with Gasteiger partial charge in [0, 0.05) is 38.4 Å². The molecule has 0 saturated carbocycles. The number of carbonyl (C=O) groups excluding carboxylic acids is 1. The number of nitrogens with one attached hydrogen (secondary N) is 1. The maximum atomic E-state index is 14.9. The van der Waals surface area contributed by atoms with Gasteiger partial charge in [0.1, 0.15) is 40.3 Å². The number of piperazine rings is 1. The molecule has 0 aliphatic carbocycles. The van der Waals surface area contributed by atoms with Gasteiger partial charge in [-0.1, -0.05) is 17.7 Å². The van der Waals surface area contributed by atoms with E-state index < -0.39 is 5.82 Å². The van der Waals surface area contributed by atoms with Crippen LogP contribution in [0.25, 0.3) is 11.3 Å². The molecule has 35 heavy (non-hydrogen) atoms. The minimum absolute atomic E-state index is 0.00589. The summed E-state index contributed by atoms with van der Waals surface area (Å²) in [7, 11) is 1.86. The molecule has 1 fully saturated rings. The molecule has 182 valence electrons. The SMILES string of the molecule is CC1c2cn(C)nc2CN1c1nc(-c2c(O)cccc2F)c(Cl)c2c1C(=O)N1CCNC[C@@H]1CO2. The Morgan fingerprint density at radius 3 is 2.89 bits per heavy atom. The fraction of sp³-hybridized carbons (Fsp3) is 0.375. The fourth-order valence-corrected chi connectivity index (χ4v) is 5.51. The maximum Gasteiger partial charge on any atom is 0.261 e. The highest BCUT2D eigenvalue weighted by Crippen LogP contribution is 2.48.